The number of hydrogen-bond donors (Lipinski definition) is 1. The van der Waals surface area contributed by atoms with Gasteiger partial charge in [-0.15, -0.1) is 0 Å². The highest BCUT2D eigenvalue weighted by atomic mass is 79.9. The summed E-state index contributed by atoms with van der Waals surface area (Å²) in [7, 11) is 3.06. The number of aromatic nitrogens is 1. The molecule has 23 heavy (non-hydrogen) atoms. The van der Waals surface area contributed by atoms with Crippen molar-refractivity contribution < 1.29 is 14.3 Å². The molecule has 1 aliphatic rings. The van der Waals surface area contributed by atoms with Gasteiger partial charge in [0.25, 0.3) is 5.91 Å². The lowest BCUT2D eigenvalue weighted by Gasteiger charge is -2.04. The summed E-state index contributed by atoms with van der Waals surface area (Å²) in [5.41, 5.74) is 3.04. The third kappa shape index (κ3) is 2.68. The second kappa shape index (κ2) is 5.86. The van der Waals surface area contributed by atoms with Gasteiger partial charge in [-0.2, -0.15) is 0 Å². The average Bonchev–Trinajstić information content (AvgIpc) is 2.97. The van der Waals surface area contributed by atoms with Crippen LogP contribution in [-0.4, -0.2) is 23.6 Å². The molecule has 0 saturated carbocycles. The van der Waals surface area contributed by atoms with Gasteiger partial charge in [0.1, 0.15) is 5.69 Å². The molecule has 2 heterocycles. The molecule has 3 rings (SSSR count). The quantitative estimate of drug-likeness (QED) is 0.623. The third-order valence-corrected chi connectivity index (χ3v) is 4.54. The number of esters is 1. The first-order chi connectivity index (χ1) is 10.9. The second-order valence-electron chi connectivity index (χ2n) is 5.02. The first kappa shape index (κ1) is 15.8. The van der Waals surface area contributed by atoms with Crippen molar-refractivity contribution in [2.75, 3.05) is 12.4 Å². The highest BCUT2D eigenvalue weighted by Gasteiger charge is 2.25. The van der Waals surface area contributed by atoms with E-state index in [-0.39, 0.29) is 5.91 Å². The predicted molar refractivity (Wildman–Crippen MR) is 92.4 cm³/mol. The first-order valence-electron chi connectivity index (χ1n) is 6.69. The number of methoxy groups -OCH3 is 1. The van der Waals surface area contributed by atoms with E-state index in [1.54, 1.807) is 42.0 Å². The smallest absolute Gasteiger partial charge is 0.354 e. The molecule has 0 spiro atoms. The molecule has 7 heteroatoms. The summed E-state index contributed by atoms with van der Waals surface area (Å²) in [4.78, 5) is 24.0. The zero-order valence-electron chi connectivity index (χ0n) is 12.3. The van der Waals surface area contributed by atoms with Crippen LogP contribution in [-0.2, 0) is 16.6 Å². The van der Waals surface area contributed by atoms with E-state index >= 15 is 0 Å². The van der Waals surface area contributed by atoms with Crippen LogP contribution in [0.15, 0.2) is 28.7 Å². The number of rotatable bonds is 2. The summed E-state index contributed by atoms with van der Waals surface area (Å²) < 4.78 is 7.12. The fraction of sp³-hybridized carbons (Fsp3) is 0.125. The SMILES string of the molecule is COC(=O)c1cc(Br)c(/C=C2/C(=O)Nc3cc(Cl)ccc32)n1C. The summed E-state index contributed by atoms with van der Waals surface area (Å²) in [6.07, 6.45) is 1.73. The van der Waals surface area contributed by atoms with Gasteiger partial charge in [0.2, 0.25) is 0 Å². The van der Waals surface area contributed by atoms with Gasteiger partial charge >= 0.3 is 5.97 Å². The molecular formula is C16H12BrClN2O3. The van der Waals surface area contributed by atoms with Crippen LogP contribution in [0.5, 0.6) is 0 Å². The lowest BCUT2D eigenvalue weighted by molar-refractivity contribution is -0.110. The Kier molecular flexibility index (Phi) is 4.04. The Morgan fingerprint density at radius 2 is 2.13 bits per heavy atom. The standard InChI is InChI=1S/C16H12BrClN2O3/c1-20-13(11(17)7-14(20)16(22)23-2)6-10-9-4-3-8(18)5-12(9)19-15(10)21/h3-7H,1-2H3,(H,19,21)/b10-6+. The van der Waals surface area contributed by atoms with Crippen molar-refractivity contribution in [3.05, 3.63) is 50.7 Å². The molecule has 0 saturated heterocycles. The van der Waals surface area contributed by atoms with Gasteiger partial charge in [0.05, 0.1) is 24.1 Å². The number of ether oxygens (including phenoxy) is 1. The second-order valence-corrected chi connectivity index (χ2v) is 6.31. The monoisotopic (exact) mass is 394 g/mol. The van der Waals surface area contributed by atoms with E-state index in [1.165, 1.54) is 7.11 Å². The fourth-order valence-electron chi connectivity index (χ4n) is 2.49. The van der Waals surface area contributed by atoms with Crippen molar-refractivity contribution in [1.29, 1.82) is 0 Å². The van der Waals surface area contributed by atoms with Gasteiger partial charge in [-0.1, -0.05) is 17.7 Å². The molecule has 0 bridgehead atoms. The molecule has 5 nitrogen and oxygen atoms in total. The van der Waals surface area contributed by atoms with E-state index in [1.807, 2.05) is 0 Å². The van der Waals surface area contributed by atoms with Crippen LogP contribution in [0, 0.1) is 0 Å². The molecule has 0 radical (unpaired) electrons. The molecular weight excluding hydrogens is 384 g/mol. The summed E-state index contributed by atoms with van der Waals surface area (Å²) in [5.74, 6) is -0.657. The van der Waals surface area contributed by atoms with Crippen molar-refractivity contribution in [3.63, 3.8) is 0 Å². The van der Waals surface area contributed by atoms with E-state index in [0.717, 1.165) is 5.56 Å². The number of halogens is 2. The zero-order chi connectivity index (χ0) is 16.7. The van der Waals surface area contributed by atoms with Crippen molar-refractivity contribution in [2.24, 2.45) is 7.05 Å². The molecule has 1 N–H and O–H groups in total. The number of fused-ring (bicyclic) bond motifs is 1. The van der Waals surface area contributed by atoms with E-state index in [9.17, 15) is 9.59 Å². The number of nitrogens with zero attached hydrogens (tertiary/aromatic N) is 1. The Labute approximate surface area is 146 Å². The Morgan fingerprint density at radius 3 is 2.83 bits per heavy atom. The zero-order valence-corrected chi connectivity index (χ0v) is 14.7. The Hall–Kier alpha value is -2.05. The molecule has 1 aromatic carbocycles. The van der Waals surface area contributed by atoms with Gasteiger partial charge < -0.3 is 14.6 Å². The highest BCUT2D eigenvalue weighted by molar-refractivity contribution is 9.10. The van der Waals surface area contributed by atoms with Crippen molar-refractivity contribution in [1.82, 2.24) is 4.57 Å². The molecule has 2 aromatic rings. The topological polar surface area (TPSA) is 60.3 Å². The van der Waals surface area contributed by atoms with Gasteiger partial charge in [-0.25, -0.2) is 4.79 Å². The number of hydrogen-bond acceptors (Lipinski definition) is 3. The normalized spacial score (nSPS) is 14.8. The molecule has 1 aromatic heterocycles. The van der Waals surface area contributed by atoms with E-state index < -0.39 is 5.97 Å². The maximum atomic E-state index is 12.2. The molecule has 1 amide bonds. The van der Waals surface area contributed by atoms with Gasteiger partial charge in [0, 0.05) is 22.1 Å². The lowest BCUT2D eigenvalue weighted by atomic mass is 10.1. The molecule has 0 aliphatic carbocycles. The predicted octanol–water partition coefficient (Wildman–Crippen LogP) is 3.72. The maximum absolute atomic E-state index is 12.2. The fourth-order valence-corrected chi connectivity index (χ4v) is 3.26. The van der Waals surface area contributed by atoms with Gasteiger partial charge in [-0.05, 0) is 40.2 Å². The number of amides is 1. The number of benzene rings is 1. The van der Waals surface area contributed by atoms with Crippen LogP contribution in [0.1, 0.15) is 21.7 Å². The van der Waals surface area contributed by atoms with Crippen molar-refractivity contribution in [2.45, 2.75) is 0 Å². The minimum atomic E-state index is -0.444. The summed E-state index contributed by atoms with van der Waals surface area (Å²) >= 11 is 9.37. The molecule has 0 fully saturated rings. The maximum Gasteiger partial charge on any atom is 0.354 e. The van der Waals surface area contributed by atoms with Gasteiger partial charge in [0.15, 0.2) is 0 Å². The summed E-state index contributed by atoms with van der Waals surface area (Å²) in [5, 5.41) is 3.33. The molecule has 0 unspecified atom stereocenters. The van der Waals surface area contributed by atoms with Crippen LogP contribution in [0.2, 0.25) is 5.02 Å². The minimum Gasteiger partial charge on any atom is -0.464 e. The number of carbonyl (C=O) groups is 2. The molecule has 118 valence electrons. The first-order valence-corrected chi connectivity index (χ1v) is 7.86. The number of nitrogens with one attached hydrogen (secondary N) is 1. The summed E-state index contributed by atoms with van der Waals surface area (Å²) in [6, 6.07) is 6.89. The average molecular weight is 396 g/mol. The van der Waals surface area contributed by atoms with Crippen LogP contribution in [0.3, 0.4) is 0 Å². The Morgan fingerprint density at radius 1 is 1.39 bits per heavy atom. The lowest BCUT2D eigenvalue weighted by Crippen LogP contribution is -2.08. The number of anilines is 1. The van der Waals surface area contributed by atoms with Crippen LogP contribution >= 0.6 is 27.5 Å². The van der Waals surface area contributed by atoms with E-state index in [4.69, 9.17) is 16.3 Å². The third-order valence-electron chi connectivity index (χ3n) is 3.67. The van der Waals surface area contributed by atoms with Crippen molar-refractivity contribution in [3.8, 4) is 0 Å². The largest absolute Gasteiger partial charge is 0.464 e. The van der Waals surface area contributed by atoms with E-state index in [2.05, 4.69) is 21.2 Å². The molecule has 0 atom stereocenters. The Bertz CT molecular complexity index is 870. The van der Waals surface area contributed by atoms with Crippen LogP contribution < -0.4 is 5.32 Å². The van der Waals surface area contributed by atoms with Crippen LogP contribution in [0.4, 0.5) is 5.69 Å². The van der Waals surface area contributed by atoms with Crippen molar-refractivity contribution >= 4 is 56.7 Å². The van der Waals surface area contributed by atoms with E-state index in [0.29, 0.717) is 32.1 Å². The van der Waals surface area contributed by atoms with Gasteiger partial charge in [-0.3, -0.25) is 4.79 Å². The minimum absolute atomic E-state index is 0.213. The Balaban J connectivity index is 2.12. The summed E-state index contributed by atoms with van der Waals surface area (Å²) in [6.45, 7) is 0. The highest BCUT2D eigenvalue weighted by Crippen LogP contribution is 2.36. The molecule has 1 aliphatic heterocycles. The van der Waals surface area contributed by atoms with Crippen LogP contribution in [0.25, 0.3) is 11.6 Å². The number of carbonyl (C=O) groups excluding carboxylic acids is 2.